The first-order valence-corrected chi connectivity index (χ1v) is 5.85. The van der Waals surface area contributed by atoms with Gasteiger partial charge in [-0.15, -0.1) is 0 Å². The third kappa shape index (κ3) is 2.84. The molecule has 0 spiro atoms. The van der Waals surface area contributed by atoms with Crippen molar-refractivity contribution >= 4 is 0 Å². The first-order chi connectivity index (χ1) is 8.70. The molecule has 1 unspecified atom stereocenters. The highest BCUT2D eigenvalue weighted by Crippen LogP contribution is 2.24. The molecule has 1 heterocycles. The summed E-state index contributed by atoms with van der Waals surface area (Å²) in [6.45, 7) is 2.05. The lowest BCUT2D eigenvalue weighted by atomic mass is 10.0. The van der Waals surface area contributed by atoms with Crippen molar-refractivity contribution in [2.45, 2.75) is 19.4 Å². The molecule has 0 saturated carbocycles. The number of ether oxygens (including phenoxy) is 1. The van der Waals surface area contributed by atoms with Crippen LogP contribution in [0.2, 0.25) is 0 Å². The Hall–Kier alpha value is -1.94. The molecule has 0 aliphatic rings. The van der Waals surface area contributed by atoms with Gasteiger partial charge in [-0.25, -0.2) is 0 Å². The maximum absolute atomic E-state index is 6.14. The maximum atomic E-state index is 6.14. The summed E-state index contributed by atoms with van der Waals surface area (Å²) in [7, 11) is 1.67. The molecule has 1 atom stereocenters. The highest BCUT2D eigenvalue weighted by molar-refractivity contribution is 5.37. The van der Waals surface area contributed by atoms with E-state index in [1.54, 1.807) is 25.7 Å². The molecule has 0 fully saturated rings. The average molecular weight is 243 g/mol. The maximum Gasteiger partial charge on any atom is 0.122 e. The topological polar surface area (TPSA) is 61.0 Å². The van der Waals surface area contributed by atoms with E-state index < -0.39 is 0 Å². The summed E-state index contributed by atoms with van der Waals surface area (Å²) >= 11 is 0. The van der Waals surface area contributed by atoms with E-state index in [0.717, 1.165) is 17.0 Å². The van der Waals surface area contributed by atoms with Crippen LogP contribution in [-0.4, -0.2) is 17.1 Å². The van der Waals surface area contributed by atoms with Gasteiger partial charge in [0.15, 0.2) is 0 Å². The van der Waals surface area contributed by atoms with Gasteiger partial charge in [-0.05, 0) is 25.0 Å². The lowest BCUT2D eigenvalue weighted by molar-refractivity contribution is 0.408. The van der Waals surface area contributed by atoms with Crippen LogP contribution in [0.25, 0.3) is 0 Å². The molecule has 0 amide bonds. The first-order valence-electron chi connectivity index (χ1n) is 5.85. The Morgan fingerprint density at radius 3 is 2.83 bits per heavy atom. The Balaban J connectivity index is 2.21. The Morgan fingerprint density at radius 1 is 1.33 bits per heavy atom. The van der Waals surface area contributed by atoms with E-state index in [4.69, 9.17) is 10.5 Å². The van der Waals surface area contributed by atoms with Crippen molar-refractivity contribution in [2.24, 2.45) is 5.73 Å². The summed E-state index contributed by atoms with van der Waals surface area (Å²) in [4.78, 5) is 8.26. The molecule has 1 aromatic heterocycles. The quantitative estimate of drug-likeness (QED) is 0.892. The fraction of sp³-hybridized carbons (Fsp3) is 0.286. The van der Waals surface area contributed by atoms with Gasteiger partial charge >= 0.3 is 0 Å². The van der Waals surface area contributed by atoms with Gasteiger partial charge in [0.1, 0.15) is 5.75 Å². The van der Waals surface area contributed by atoms with Crippen LogP contribution in [0.4, 0.5) is 0 Å². The van der Waals surface area contributed by atoms with E-state index in [-0.39, 0.29) is 6.04 Å². The number of hydrogen-bond donors (Lipinski definition) is 1. The first kappa shape index (κ1) is 12.5. The smallest absolute Gasteiger partial charge is 0.122 e. The van der Waals surface area contributed by atoms with Gasteiger partial charge in [-0.2, -0.15) is 0 Å². The number of methoxy groups -OCH3 is 1. The molecule has 4 heteroatoms. The zero-order valence-electron chi connectivity index (χ0n) is 10.6. The summed E-state index contributed by atoms with van der Waals surface area (Å²) in [6, 6.07) is 5.91. The highest BCUT2D eigenvalue weighted by Gasteiger charge is 2.12. The number of hydrogen-bond acceptors (Lipinski definition) is 4. The van der Waals surface area contributed by atoms with Gasteiger partial charge in [0.2, 0.25) is 0 Å². The van der Waals surface area contributed by atoms with Crippen LogP contribution in [0.15, 0.2) is 36.8 Å². The third-order valence-corrected chi connectivity index (χ3v) is 2.84. The SMILES string of the molecule is COc1ccc(C)cc1CC(N)c1cnccn1. The van der Waals surface area contributed by atoms with Crippen LogP contribution in [-0.2, 0) is 6.42 Å². The standard InChI is InChI=1S/C14H17N3O/c1-10-3-4-14(18-2)11(7-10)8-12(15)13-9-16-5-6-17-13/h3-7,9,12H,8,15H2,1-2H3. The van der Waals surface area contributed by atoms with E-state index in [2.05, 4.69) is 23.0 Å². The second-order valence-electron chi connectivity index (χ2n) is 4.26. The molecule has 0 radical (unpaired) electrons. The minimum absolute atomic E-state index is 0.172. The predicted molar refractivity (Wildman–Crippen MR) is 70.4 cm³/mol. The number of nitrogens with two attached hydrogens (primary N) is 1. The average Bonchev–Trinajstić information content (AvgIpc) is 2.40. The second-order valence-corrected chi connectivity index (χ2v) is 4.26. The molecule has 0 saturated heterocycles. The van der Waals surface area contributed by atoms with Gasteiger partial charge < -0.3 is 10.5 Å². The summed E-state index contributed by atoms with van der Waals surface area (Å²) in [6.07, 6.45) is 5.68. The number of benzene rings is 1. The Kier molecular flexibility index (Phi) is 3.89. The van der Waals surface area contributed by atoms with Gasteiger partial charge in [0.05, 0.1) is 18.8 Å². The fourth-order valence-electron chi connectivity index (χ4n) is 1.91. The zero-order chi connectivity index (χ0) is 13.0. The molecule has 2 aromatic rings. The number of nitrogens with zero attached hydrogens (tertiary/aromatic N) is 2. The van der Waals surface area contributed by atoms with Gasteiger partial charge in [-0.1, -0.05) is 17.7 Å². The fourth-order valence-corrected chi connectivity index (χ4v) is 1.91. The molecule has 2 rings (SSSR count). The summed E-state index contributed by atoms with van der Waals surface area (Å²) in [5, 5.41) is 0. The van der Waals surface area contributed by atoms with Crippen molar-refractivity contribution in [2.75, 3.05) is 7.11 Å². The van der Waals surface area contributed by atoms with Crippen molar-refractivity contribution in [1.82, 2.24) is 9.97 Å². The molecule has 0 aliphatic carbocycles. The molecular weight excluding hydrogens is 226 g/mol. The minimum Gasteiger partial charge on any atom is -0.496 e. The van der Waals surface area contributed by atoms with Crippen molar-refractivity contribution in [3.05, 3.63) is 53.6 Å². The number of aromatic nitrogens is 2. The van der Waals surface area contributed by atoms with Crippen molar-refractivity contribution in [3.63, 3.8) is 0 Å². The van der Waals surface area contributed by atoms with Crippen molar-refractivity contribution in [3.8, 4) is 5.75 Å². The van der Waals surface area contributed by atoms with E-state index >= 15 is 0 Å². The molecule has 0 aliphatic heterocycles. The number of rotatable bonds is 4. The molecule has 1 aromatic carbocycles. The summed E-state index contributed by atoms with van der Waals surface area (Å²) in [5.74, 6) is 0.861. The largest absolute Gasteiger partial charge is 0.496 e. The summed E-state index contributed by atoms with van der Waals surface area (Å²) in [5.41, 5.74) is 9.22. The number of aryl methyl sites for hydroxylation is 1. The zero-order valence-corrected chi connectivity index (χ0v) is 10.6. The second kappa shape index (κ2) is 5.60. The van der Waals surface area contributed by atoms with Crippen molar-refractivity contribution in [1.29, 1.82) is 0 Å². The van der Waals surface area contributed by atoms with Crippen LogP contribution in [0.1, 0.15) is 22.9 Å². The molecule has 94 valence electrons. The van der Waals surface area contributed by atoms with Gasteiger partial charge in [0.25, 0.3) is 0 Å². The monoisotopic (exact) mass is 243 g/mol. The van der Waals surface area contributed by atoms with Crippen LogP contribution in [0.3, 0.4) is 0 Å². The Morgan fingerprint density at radius 2 is 2.17 bits per heavy atom. The lowest BCUT2D eigenvalue weighted by Crippen LogP contribution is -2.15. The van der Waals surface area contributed by atoms with Gasteiger partial charge in [0, 0.05) is 18.6 Å². The van der Waals surface area contributed by atoms with Gasteiger partial charge in [-0.3, -0.25) is 9.97 Å². The van der Waals surface area contributed by atoms with Crippen molar-refractivity contribution < 1.29 is 4.74 Å². The molecule has 18 heavy (non-hydrogen) atoms. The lowest BCUT2D eigenvalue weighted by Gasteiger charge is -2.14. The van der Waals surface area contributed by atoms with Crippen LogP contribution < -0.4 is 10.5 Å². The van der Waals surface area contributed by atoms with E-state index in [0.29, 0.717) is 6.42 Å². The van der Waals surface area contributed by atoms with Crippen LogP contribution in [0, 0.1) is 6.92 Å². The van der Waals surface area contributed by atoms with E-state index in [1.807, 2.05) is 12.1 Å². The Labute approximate surface area is 107 Å². The minimum atomic E-state index is -0.172. The van der Waals surface area contributed by atoms with E-state index in [1.165, 1.54) is 5.56 Å². The highest BCUT2D eigenvalue weighted by atomic mass is 16.5. The molecular formula is C14H17N3O. The van der Waals surface area contributed by atoms with Crippen LogP contribution in [0.5, 0.6) is 5.75 Å². The van der Waals surface area contributed by atoms with Crippen LogP contribution >= 0.6 is 0 Å². The normalized spacial score (nSPS) is 12.2. The summed E-state index contributed by atoms with van der Waals surface area (Å²) < 4.78 is 5.35. The Bertz CT molecular complexity index is 514. The predicted octanol–water partition coefficient (Wildman–Crippen LogP) is 2.04. The molecule has 0 bridgehead atoms. The van der Waals surface area contributed by atoms with E-state index in [9.17, 15) is 0 Å². The third-order valence-electron chi connectivity index (χ3n) is 2.84. The molecule has 2 N–H and O–H groups in total. The molecule has 4 nitrogen and oxygen atoms in total.